The third-order valence-electron chi connectivity index (χ3n) is 1.69. The molecule has 4 heteroatoms. The second kappa shape index (κ2) is 2.38. The van der Waals surface area contributed by atoms with Crippen molar-refractivity contribution < 1.29 is 4.42 Å². The number of nitrogens with zero attached hydrogens (tertiary/aromatic N) is 1. The molecular formula is C8H7ClN2O. The van der Waals surface area contributed by atoms with Crippen molar-refractivity contribution in [3.8, 4) is 0 Å². The molecule has 12 heavy (non-hydrogen) atoms. The number of hydrogen-bond acceptors (Lipinski definition) is 3. The number of aromatic nitrogens is 1. The zero-order valence-electron chi connectivity index (χ0n) is 6.47. The lowest BCUT2D eigenvalue weighted by molar-refractivity contribution is 0.626. The summed E-state index contributed by atoms with van der Waals surface area (Å²) in [4.78, 5) is 3.97. The molecule has 0 fully saturated rings. The Balaban J connectivity index is 2.83. The van der Waals surface area contributed by atoms with E-state index < -0.39 is 0 Å². The summed E-state index contributed by atoms with van der Waals surface area (Å²) >= 11 is 5.87. The number of oxazole rings is 1. The van der Waals surface area contributed by atoms with Gasteiger partial charge in [0.1, 0.15) is 5.52 Å². The molecular weight excluding hydrogens is 176 g/mol. The molecule has 0 saturated carbocycles. The third-order valence-corrected chi connectivity index (χ3v) is 2.09. The zero-order chi connectivity index (χ0) is 8.72. The van der Waals surface area contributed by atoms with Gasteiger partial charge in [0.05, 0.1) is 0 Å². The summed E-state index contributed by atoms with van der Waals surface area (Å²) in [6, 6.07) is 3.74. The fraction of sp³-hybridized carbons (Fsp3) is 0.125. The Labute approximate surface area is 74.1 Å². The number of anilines is 1. The summed E-state index contributed by atoms with van der Waals surface area (Å²) in [5.74, 6) is 0. The highest BCUT2D eigenvalue weighted by Crippen LogP contribution is 2.24. The van der Waals surface area contributed by atoms with Crippen LogP contribution in [0.5, 0.6) is 0 Å². The van der Waals surface area contributed by atoms with Gasteiger partial charge in [-0.05, 0) is 18.6 Å². The van der Waals surface area contributed by atoms with Gasteiger partial charge < -0.3 is 10.2 Å². The maximum absolute atomic E-state index is 5.87. The number of fused-ring (bicyclic) bond motifs is 1. The van der Waals surface area contributed by atoms with Crippen molar-refractivity contribution in [3.63, 3.8) is 0 Å². The fourth-order valence-electron chi connectivity index (χ4n) is 1.07. The largest absolute Gasteiger partial charge is 0.424 e. The highest BCUT2D eigenvalue weighted by Gasteiger charge is 2.04. The summed E-state index contributed by atoms with van der Waals surface area (Å²) < 4.78 is 5.09. The molecule has 3 nitrogen and oxygen atoms in total. The predicted octanol–water partition coefficient (Wildman–Crippen LogP) is 2.37. The van der Waals surface area contributed by atoms with Gasteiger partial charge in [0.2, 0.25) is 0 Å². The Morgan fingerprint density at radius 1 is 1.50 bits per heavy atom. The van der Waals surface area contributed by atoms with Gasteiger partial charge in [0.25, 0.3) is 6.01 Å². The average Bonchev–Trinajstić information content (AvgIpc) is 2.30. The van der Waals surface area contributed by atoms with Gasteiger partial charge in [-0.3, -0.25) is 0 Å². The molecule has 1 aromatic carbocycles. The van der Waals surface area contributed by atoms with Crippen molar-refractivity contribution in [1.82, 2.24) is 4.98 Å². The molecule has 0 atom stereocenters. The molecule has 1 aromatic heterocycles. The Morgan fingerprint density at radius 2 is 2.25 bits per heavy atom. The van der Waals surface area contributed by atoms with Crippen molar-refractivity contribution in [3.05, 3.63) is 22.7 Å². The first kappa shape index (κ1) is 7.43. The Kier molecular flexibility index (Phi) is 1.48. The van der Waals surface area contributed by atoms with E-state index in [1.54, 1.807) is 6.07 Å². The molecule has 0 bridgehead atoms. The highest BCUT2D eigenvalue weighted by molar-refractivity contribution is 6.32. The number of halogens is 1. The van der Waals surface area contributed by atoms with Crippen LogP contribution in [0.15, 0.2) is 16.5 Å². The first-order valence-corrected chi connectivity index (χ1v) is 3.87. The van der Waals surface area contributed by atoms with E-state index in [0.717, 1.165) is 11.1 Å². The molecule has 0 aliphatic rings. The lowest BCUT2D eigenvalue weighted by Crippen LogP contribution is -1.80. The molecule has 0 unspecified atom stereocenters. The quantitative estimate of drug-likeness (QED) is 0.681. The molecule has 0 radical (unpaired) electrons. The molecule has 0 spiro atoms. The lowest BCUT2D eigenvalue weighted by atomic mass is 10.2. The van der Waals surface area contributed by atoms with Crippen LogP contribution in [0.2, 0.25) is 5.02 Å². The van der Waals surface area contributed by atoms with Crippen LogP contribution in [0.25, 0.3) is 11.1 Å². The minimum absolute atomic E-state index is 0.173. The molecule has 2 aromatic rings. The molecule has 0 saturated heterocycles. The normalized spacial score (nSPS) is 10.8. The van der Waals surface area contributed by atoms with Crippen molar-refractivity contribution in [1.29, 1.82) is 0 Å². The second-order valence-electron chi connectivity index (χ2n) is 2.62. The van der Waals surface area contributed by atoms with E-state index in [-0.39, 0.29) is 6.01 Å². The number of nitrogen functional groups attached to an aromatic ring is 1. The van der Waals surface area contributed by atoms with Gasteiger partial charge in [0, 0.05) is 11.1 Å². The SMILES string of the molecule is Cc1cc2nc(N)oc2cc1Cl. The van der Waals surface area contributed by atoms with Crippen LogP contribution in [-0.4, -0.2) is 4.98 Å². The molecule has 1 heterocycles. The molecule has 62 valence electrons. The lowest BCUT2D eigenvalue weighted by Gasteiger charge is -1.93. The van der Waals surface area contributed by atoms with E-state index in [1.807, 2.05) is 13.0 Å². The summed E-state index contributed by atoms with van der Waals surface area (Å²) in [7, 11) is 0. The third kappa shape index (κ3) is 1.02. The standard InChI is InChI=1S/C8H7ClN2O/c1-4-2-6-7(3-5(4)9)12-8(10)11-6/h2-3H,1H3,(H2,10,11). The topological polar surface area (TPSA) is 52.0 Å². The van der Waals surface area contributed by atoms with Gasteiger partial charge in [-0.2, -0.15) is 4.98 Å². The maximum Gasteiger partial charge on any atom is 0.292 e. The molecule has 2 N–H and O–H groups in total. The van der Waals surface area contributed by atoms with E-state index in [9.17, 15) is 0 Å². The number of hydrogen-bond donors (Lipinski definition) is 1. The van der Waals surface area contributed by atoms with Gasteiger partial charge >= 0.3 is 0 Å². The van der Waals surface area contributed by atoms with Crippen LogP contribution < -0.4 is 5.73 Å². The second-order valence-corrected chi connectivity index (χ2v) is 3.03. The number of aryl methyl sites for hydroxylation is 1. The van der Waals surface area contributed by atoms with Crippen LogP contribution in [0.3, 0.4) is 0 Å². The molecule has 0 aliphatic carbocycles. The van der Waals surface area contributed by atoms with Gasteiger partial charge in [-0.15, -0.1) is 0 Å². The van der Waals surface area contributed by atoms with E-state index in [4.69, 9.17) is 21.8 Å². The molecule has 0 amide bonds. The smallest absolute Gasteiger partial charge is 0.292 e. The van der Waals surface area contributed by atoms with Crippen LogP contribution >= 0.6 is 11.6 Å². The number of rotatable bonds is 0. The predicted molar refractivity (Wildman–Crippen MR) is 48.2 cm³/mol. The average molecular weight is 183 g/mol. The van der Waals surface area contributed by atoms with E-state index >= 15 is 0 Å². The fourth-order valence-corrected chi connectivity index (χ4v) is 1.22. The summed E-state index contributed by atoms with van der Waals surface area (Å²) in [5.41, 5.74) is 7.71. The van der Waals surface area contributed by atoms with Crippen LogP contribution in [-0.2, 0) is 0 Å². The van der Waals surface area contributed by atoms with Crippen molar-refractivity contribution >= 4 is 28.7 Å². The van der Waals surface area contributed by atoms with Crippen LogP contribution in [0.4, 0.5) is 6.01 Å². The minimum atomic E-state index is 0.173. The summed E-state index contributed by atoms with van der Waals surface area (Å²) in [6.45, 7) is 1.91. The first-order valence-electron chi connectivity index (χ1n) is 3.49. The summed E-state index contributed by atoms with van der Waals surface area (Å²) in [5, 5.41) is 0.665. The molecule has 0 aliphatic heterocycles. The van der Waals surface area contributed by atoms with Gasteiger partial charge in [-0.1, -0.05) is 11.6 Å². The maximum atomic E-state index is 5.87. The van der Waals surface area contributed by atoms with Gasteiger partial charge in [-0.25, -0.2) is 0 Å². The minimum Gasteiger partial charge on any atom is -0.424 e. The van der Waals surface area contributed by atoms with Crippen LogP contribution in [0.1, 0.15) is 5.56 Å². The Bertz CT molecular complexity index is 397. The Morgan fingerprint density at radius 3 is 3.00 bits per heavy atom. The van der Waals surface area contributed by atoms with E-state index in [2.05, 4.69) is 4.98 Å². The number of nitrogens with two attached hydrogens (primary N) is 1. The van der Waals surface area contributed by atoms with Crippen molar-refractivity contribution in [2.24, 2.45) is 0 Å². The van der Waals surface area contributed by atoms with Crippen molar-refractivity contribution in [2.45, 2.75) is 6.92 Å². The van der Waals surface area contributed by atoms with Crippen molar-refractivity contribution in [2.75, 3.05) is 5.73 Å². The van der Waals surface area contributed by atoms with Crippen LogP contribution in [0, 0.1) is 6.92 Å². The van der Waals surface area contributed by atoms with E-state index in [0.29, 0.717) is 10.6 Å². The Hall–Kier alpha value is -1.22. The monoisotopic (exact) mass is 182 g/mol. The number of benzene rings is 1. The first-order chi connectivity index (χ1) is 5.66. The van der Waals surface area contributed by atoms with E-state index in [1.165, 1.54) is 0 Å². The highest BCUT2D eigenvalue weighted by atomic mass is 35.5. The zero-order valence-corrected chi connectivity index (χ0v) is 7.22. The van der Waals surface area contributed by atoms with Gasteiger partial charge in [0.15, 0.2) is 5.58 Å². The summed E-state index contributed by atoms with van der Waals surface area (Å²) in [6.07, 6.45) is 0. The molecule has 2 rings (SSSR count).